The molecule has 1 aromatic carbocycles. The molecule has 0 radical (unpaired) electrons. The highest BCUT2D eigenvalue weighted by atomic mass is 79.9. The molecule has 1 aliphatic heterocycles. The van der Waals surface area contributed by atoms with Crippen LogP contribution in [0.2, 0.25) is 0 Å². The molecule has 0 bridgehead atoms. The van der Waals surface area contributed by atoms with Gasteiger partial charge in [-0.2, -0.15) is 0 Å². The van der Waals surface area contributed by atoms with E-state index in [1.165, 1.54) is 12.5 Å². The molecule has 0 saturated carbocycles. The molecular weight excluding hydrogens is 297 g/mol. The van der Waals surface area contributed by atoms with Gasteiger partial charge in [-0.25, -0.2) is 4.39 Å². The molecule has 0 amide bonds. The van der Waals surface area contributed by atoms with Gasteiger partial charge in [-0.3, -0.25) is 0 Å². The van der Waals surface area contributed by atoms with Gasteiger partial charge in [-0.05, 0) is 59.3 Å². The van der Waals surface area contributed by atoms with E-state index in [9.17, 15) is 4.39 Å². The summed E-state index contributed by atoms with van der Waals surface area (Å²) in [5.74, 6) is 0.386. The quantitative estimate of drug-likeness (QED) is 0.915. The number of halogens is 2. The lowest BCUT2D eigenvalue weighted by Gasteiger charge is -2.24. The van der Waals surface area contributed by atoms with Crippen LogP contribution in [0.4, 0.5) is 4.39 Å². The predicted octanol–water partition coefficient (Wildman–Crippen LogP) is 3.67. The van der Waals surface area contributed by atoms with Crippen molar-refractivity contribution in [2.75, 3.05) is 19.8 Å². The molecule has 0 aromatic heterocycles. The minimum absolute atomic E-state index is 0.216. The van der Waals surface area contributed by atoms with E-state index in [0.29, 0.717) is 10.4 Å². The Kier molecular flexibility index (Phi) is 5.15. The summed E-state index contributed by atoms with van der Waals surface area (Å²) in [4.78, 5) is 0. The molecule has 2 nitrogen and oxygen atoms in total. The van der Waals surface area contributed by atoms with E-state index in [1.54, 1.807) is 0 Å². The average molecular weight is 316 g/mol. The van der Waals surface area contributed by atoms with Crippen molar-refractivity contribution >= 4 is 15.9 Å². The van der Waals surface area contributed by atoms with Crippen LogP contribution in [0.15, 0.2) is 22.7 Å². The number of hydrogen-bond donors (Lipinski definition) is 1. The molecule has 4 heteroatoms. The lowest BCUT2D eigenvalue weighted by atomic mass is 10.0. The predicted molar refractivity (Wildman–Crippen MR) is 74.1 cm³/mol. The van der Waals surface area contributed by atoms with Crippen molar-refractivity contribution in [1.82, 2.24) is 5.32 Å². The third-order valence-electron chi connectivity index (χ3n) is 3.41. The number of rotatable bonds is 4. The summed E-state index contributed by atoms with van der Waals surface area (Å²) >= 11 is 3.22. The van der Waals surface area contributed by atoms with Crippen molar-refractivity contribution in [2.45, 2.75) is 25.8 Å². The number of nitrogens with one attached hydrogen (secondary N) is 1. The maximum Gasteiger partial charge on any atom is 0.137 e. The molecule has 1 fully saturated rings. The van der Waals surface area contributed by atoms with E-state index in [-0.39, 0.29) is 11.9 Å². The molecule has 2 rings (SSSR count). The first-order valence-corrected chi connectivity index (χ1v) is 7.22. The van der Waals surface area contributed by atoms with Crippen LogP contribution in [-0.4, -0.2) is 19.8 Å². The summed E-state index contributed by atoms with van der Waals surface area (Å²) in [6.45, 7) is 4.81. The lowest BCUT2D eigenvalue weighted by molar-refractivity contribution is 0.0540. The van der Waals surface area contributed by atoms with Gasteiger partial charge in [0.15, 0.2) is 0 Å². The lowest BCUT2D eigenvalue weighted by Crippen LogP contribution is -2.30. The average Bonchev–Trinajstić information content (AvgIpc) is 2.40. The fourth-order valence-corrected chi connectivity index (χ4v) is 2.61. The SMILES string of the molecule is CC(NCC1CCCOC1)c1ccc(F)c(Br)c1. The molecule has 1 N–H and O–H groups in total. The third-order valence-corrected chi connectivity index (χ3v) is 4.02. The Morgan fingerprint density at radius 2 is 2.39 bits per heavy atom. The third kappa shape index (κ3) is 3.77. The minimum atomic E-state index is -0.216. The van der Waals surface area contributed by atoms with Gasteiger partial charge < -0.3 is 10.1 Å². The van der Waals surface area contributed by atoms with Gasteiger partial charge >= 0.3 is 0 Å². The van der Waals surface area contributed by atoms with E-state index in [1.807, 2.05) is 12.1 Å². The summed E-state index contributed by atoms with van der Waals surface area (Å²) in [5, 5.41) is 3.49. The largest absolute Gasteiger partial charge is 0.381 e. The topological polar surface area (TPSA) is 21.3 Å². The Morgan fingerprint density at radius 3 is 3.06 bits per heavy atom. The zero-order valence-electron chi connectivity index (χ0n) is 10.6. The van der Waals surface area contributed by atoms with Crippen molar-refractivity contribution in [3.05, 3.63) is 34.1 Å². The number of benzene rings is 1. The first kappa shape index (κ1) is 14.0. The highest BCUT2D eigenvalue weighted by Gasteiger charge is 2.15. The summed E-state index contributed by atoms with van der Waals surface area (Å²) < 4.78 is 19.1. The Labute approximate surface area is 116 Å². The molecule has 1 aromatic rings. The fraction of sp³-hybridized carbons (Fsp3) is 0.571. The normalized spacial score (nSPS) is 21.8. The maximum absolute atomic E-state index is 13.2. The van der Waals surface area contributed by atoms with Crippen molar-refractivity contribution in [2.24, 2.45) is 5.92 Å². The Hall–Kier alpha value is -0.450. The first-order valence-electron chi connectivity index (χ1n) is 6.43. The maximum atomic E-state index is 13.2. The van der Waals surface area contributed by atoms with Crippen molar-refractivity contribution < 1.29 is 9.13 Å². The van der Waals surface area contributed by atoms with Gasteiger partial charge in [-0.1, -0.05) is 6.07 Å². The summed E-state index contributed by atoms with van der Waals surface area (Å²) in [5.41, 5.74) is 1.10. The minimum Gasteiger partial charge on any atom is -0.381 e. The van der Waals surface area contributed by atoms with Gasteiger partial charge in [-0.15, -0.1) is 0 Å². The van der Waals surface area contributed by atoms with Crippen LogP contribution in [0.3, 0.4) is 0 Å². The van der Waals surface area contributed by atoms with E-state index >= 15 is 0 Å². The second-order valence-corrected chi connectivity index (χ2v) is 5.74. The van der Waals surface area contributed by atoms with Crippen molar-refractivity contribution in [1.29, 1.82) is 0 Å². The van der Waals surface area contributed by atoms with E-state index in [2.05, 4.69) is 28.2 Å². The van der Waals surface area contributed by atoms with Gasteiger partial charge in [0, 0.05) is 19.2 Å². The smallest absolute Gasteiger partial charge is 0.137 e. The molecule has 0 aliphatic carbocycles. The van der Waals surface area contributed by atoms with Crippen molar-refractivity contribution in [3.63, 3.8) is 0 Å². The number of hydrogen-bond acceptors (Lipinski definition) is 2. The van der Waals surface area contributed by atoms with Crippen LogP contribution in [-0.2, 0) is 4.74 Å². The van der Waals surface area contributed by atoms with Crippen LogP contribution < -0.4 is 5.32 Å². The highest BCUT2D eigenvalue weighted by Crippen LogP contribution is 2.22. The molecule has 18 heavy (non-hydrogen) atoms. The Morgan fingerprint density at radius 1 is 1.56 bits per heavy atom. The summed E-state index contributed by atoms with van der Waals surface area (Å²) in [6, 6.07) is 5.39. The van der Waals surface area contributed by atoms with E-state index < -0.39 is 0 Å². The fourth-order valence-electron chi connectivity index (χ4n) is 2.21. The van der Waals surface area contributed by atoms with Crippen LogP contribution in [0, 0.1) is 11.7 Å². The van der Waals surface area contributed by atoms with Gasteiger partial charge in [0.2, 0.25) is 0 Å². The highest BCUT2D eigenvalue weighted by molar-refractivity contribution is 9.10. The Balaban J connectivity index is 1.86. The molecule has 100 valence electrons. The van der Waals surface area contributed by atoms with Crippen LogP contribution >= 0.6 is 15.9 Å². The van der Waals surface area contributed by atoms with Gasteiger partial charge in [0.05, 0.1) is 11.1 Å². The monoisotopic (exact) mass is 315 g/mol. The second-order valence-electron chi connectivity index (χ2n) is 4.89. The number of ether oxygens (including phenoxy) is 1. The van der Waals surface area contributed by atoms with E-state index in [0.717, 1.165) is 31.7 Å². The zero-order valence-corrected chi connectivity index (χ0v) is 12.2. The van der Waals surface area contributed by atoms with Gasteiger partial charge in [0.1, 0.15) is 5.82 Å². The summed E-state index contributed by atoms with van der Waals surface area (Å²) in [6.07, 6.45) is 2.38. The van der Waals surface area contributed by atoms with Crippen LogP contribution in [0.25, 0.3) is 0 Å². The first-order chi connectivity index (χ1) is 8.66. The molecular formula is C14H19BrFNO. The molecule has 2 unspecified atom stereocenters. The second kappa shape index (κ2) is 6.64. The van der Waals surface area contributed by atoms with Crippen molar-refractivity contribution in [3.8, 4) is 0 Å². The van der Waals surface area contributed by atoms with Gasteiger partial charge in [0.25, 0.3) is 0 Å². The molecule has 1 heterocycles. The summed E-state index contributed by atoms with van der Waals surface area (Å²) in [7, 11) is 0. The molecule has 1 saturated heterocycles. The Bertz CT molecular complexity index is 393. The molecule has 0 spiro atoms. The van der Waals surface area contributed by atoms with Crippen LogP contribution in [0.1, 0.15) is 31.4 Å². The molecule has 1 aliphatic rings. The molecule has 2 atom stereocenters. The van der Waals surface area contributed by atoms with E-state index in [4.69, 9.17) is 4.74 Å². The zero-order chi connectivity index (χ0) is 13.0. The standard InChI is InChI=1S/C14H19BrFNO/c1-10(12-4-5-14(16)13(15)7-12)17-8-11-3-2-6-18-9-11/h4-5,7,10-11,17H,2-3,6,8-9H2,1H3. The van der Waals surface area contributed by atoms with Crippen LogP contribution in [0.5, 0.6) is 0 Å².